The van der Waals surface area contributed by atoms with Crippen LogP contribution in [-0.2, 0) is 16.0 Å². The monoisotopic (exact) mass is 286 g/mol. The Labute approximate surface area is 125 Å². The van der Waals surface area contributed by atoms with Crippen LogP contribution in [0.25, 0.3) is 0 Å². The molecule has 1 N–H and O–H groups in total. The number of nitrogens with one attached hydrogen (secondary N) is 1. The molecule has 0 spiro atoms. The Morgan fingerprint density at radius 3 is 2.52 bits per heavy atom. The van der Waals surface area contributed by atoms with Gasteiger partial charge in [0.2, 0.25) is 11.8 Å². The molecule has 1 heterocycles. The van der Waals surface area contributed by atoms with E-state index in [1.807, 2.05) is 35.2 Å². The average molecular weight is 286 g/mol. The normalized spacial score (nSPS) is 26.4. The maximum Gasteiger partial charge on any atom is 0.245 e. The van der Waals surface area contributed by atoms with Gasteiger partial charge in [0.15, 0.2) is 0 Å². The van der Waals surface area contributed by atoms with Gasteiger partial charge in [-0.15, -0.1) is 0 Å². The van der Waals surface area contributed by atoms with Crippen LogP contribution in [0.3, 0.4) is 0 Å². The number of carbonyl (C=O) groups is 2. The van der Waals surface area contributed by atoms with Crippen LogP contribution in [0.5, 0.6) is 0 Å². The Kier molecular flexibility index (Phi) is 3.95. The Bertz CT molecular complexity index is 525. The van der Waals surface area contributed by atoms with Crippen LogP contribution in [0.1, 0.15) is 31.7 Å². The summed E-state index contributed by atoms with van der Waals surface area (Å²) in [5.41, 5.74) is 1.10. The summed E-state index contributed by atoms with van der Waals surface area (Å²) in [4.78, 5) is 26.6. The van der Waals surface area contributed by atoms with E-state index in [4.69, 9.17) is 0 Å². The Morgan fingerprint density at radius 1 is 1.19 bits per heavy atom. The second-order valence-electron chi connectivity index (χ2n) is 6.22. The van der Waals surface area contributed by atoms with Gasteiger partial charge in [-0.3, -0.25) is 9.59 Å². The molecular formula is C17H22N2O2. The molecule has 0 bridgehead atoms. The summed E-state index contributed by atoms with van der Waals surface area (Å²) in [6.07, 6.45) is 4.20. The Hall–Kier alpha value is -1.84. The quantitative estimate of drug-likeness (QED) is 0.916. The van der Waals surface area contributed by atoms with Crippen molar-refractivity contribution in [1.29, 1.82) is 0 Å². The van der Waals surface area contributed by atoms with Gasteiger partial charge in [-0.2, -0.15) is 0 Å². The van der Waals surface area contributed by atoms with E-state index in [2.05, 4.69) is 5.32 Å². The second kappa shape index (κ2) is 5.88. The van der Waals surface area contributed by atoms with Crippen molar-refractivity contribution in [3.63, 3.8) is 0 Å². The molecule has 2 aliphatic rings. The molecule has 1 saturated heterocycles. The summed E-state index contributed by atoms with van der Waals surface area (Å²) in [6.45, 7) is 2.50. The van der Waals surface area contributed by atoms with Crippen LogP contribution in [0.2, 0.25) is 0 Å². The highest BCUT2D eigenvalue weighted by Gasteiger charge is 2.39. The number of hydrogen-bond donors (Lipinski definition) is 1. The lowest BCUT2D eigenvalue weighted by Gasteiger charge is -2.41. The van der Waals surface area contributed by atoms with E-state index in [-0.39, 0.29) is 17.9 Å². The SMILES string of the molecule is CC1NC(=O)C(Cc2ccccc2)N(CC2CCC2)C1=O. The fraction of sp³-hybridized carbons (Fsp3) is 0.529. The first-order valence-corrected chi connectivity index (χ1v) is 7.80. The highest BCUT2D eigenvalue weighted by molar-refractivity contribution is 5.96. The predicted molar refractivity (Wildman–Crippen MR) is 80.6 cm³/mol. The van der Waals surface area contributed by atoms with Gasteiger partial charge in [0.25, 0.3) is 0 Å². The zero-order chi connectivity index (χ0) is 14.8. The number of benzene rings is 1. The Morgan fingerprint density at radius 2 is 1.90 bits per heavy atom. The van der Waals surface area contributed by atoms with Crippen molar-refractivity contribution in [1.82, 2.24) is 10.2 Å². The summed E-state index contributed by atoms with van der Waals surface area (Å²) in [7, 11) is 0. The van der Waals surface area contributed by atoms with E-state index in [1.165, 1.54) is 19.3 Å². The van der Waals surface area contributed by atoms with E-state index in [0.29, 0.717) is 12.3 Å². The van der Waals surface area contributed by atoms with Crippen LogP contribution in [0.4, 0.5) is 0 Å². The van der Waals surface area contributed by atoms with Gasteiger partial charge < -0.3 is 10.2 Å². The molecule has 0 radical (unpaired) electrons. The molecule has 2 unspecified atom stereocenters. The molecular weight excluding hydrogens is 264 g/mol. The third-order valence-electron chi connectivity index (χ3n) is 4.64. The molecule has 4 nitrogen and oxygen atoms in total. The molecule has 1 saturated carbocycles. The van der Waals surface area contributed by atoms with Crippen LogP contribution in [-0.4, -0.2) is 35.3 Å². The molecule has 0 aromatic heterocycles. The molecule has 1 aliphatic heterocycles. The first-order chi connectivity index (χ1) is 10.1. The van der Waals surface area contributed by atoms with E-state index < -0.39 is 6.04 Å². The topological polar surface area (TPSA) is 49.4 Å². The number of piperazine rings is 1. The molecule has 21 heavy (non-hydrogen) atoms. The maximum absolute atomic E-state index is 12.5. The van der Waals surface area contributed by atoms with Crippen molar-refractivity contribution in [3.05, 3.63) is 35.9 Å². The van der Waals surface area contributed by atoms with E-state index in [0.717, 1.165) is 12.1 Å². The lowest BCUT2D eigenvalue weighted by molar-refractivity contribution is -0.150. The van der Waals surface area contributed by atoms with Crippen molar-refractivity contribution in [2.45, 2.75) is 44.7 Å². The summed E-state index contributed by atoms with van der Waals surface area (Å²) in [5.74, 6) is 0.609. The van der Waals surface area contributed by atoms with E-state index >= 15 is 0 Å². The summed E-state index contributed by atoms with van der Waals surface area (Å²) >= 11 is 0. The number of carbonyl (C=O) groups excluding carboxylic acids is 2. The summed E-state index contributed by atoms with van der Waals surface area (Å²) in [6, 6.07) is 9.16. The molecule has 2 atom stereocenters. The number of hydrogen-bond acceptors (Lipinski definition) is 2. The smallest absolute Gasteiger partial charge is 0.245 e. The van der Waals surface area contributed by atoms with Crippen molar-refractivity contribution < 1.29 is 9.59 Å². The molecule has 2 amide bonds. The van der Waals surface area contributed by atoms with Crippen LogP contribution < -0.4 is 5.32 Å². The molecule has 2 fully saturated rings. The van der Waals surface area contributed by atoms with Crippen molar-refractivity contribution in [2.24, 2.45) is 5.92 Å². The Balaban J connectivity index is 1.78. The lowest BCUT2D eigenvalue weighted by Crippen LogP contribution is -2.64. The third kappa shape index (κ3) is 2.94. The van der Waals surface area contributed by atoms with Gasteiger partial charge in [-0.1, -0.05) is 36.8 Å². The minimum absolute atomic E-state index is 0.0229. The van der Waals surface area contributed by atoms with Crippen molar-refractivity contribution in [3.8, 4) is 0 Å². The molecule has 1 aliphatic carbocycles. The molecule has 4 heteroatoms. The highest BCUT2D eigenvalue weighted by Crippen LogP contribution is 2.29. The number of amides is 2. The summed E-state index contributed by atoms with van der Waals surface area (Å²) in [5, 5.41) is 2.81. The predicted octanol–water partition coefficient (Wildman–Crippen LogP) is 1.74. The zero-order valence-corrected chi connectivity index (χ0v) is 12.4. The largest absolute Gasteiger partial charge is 0.343 e. The molecule has 3 rings (SSSR count). The van der Waals surface area contributed by atoms with Gasteiger partial charge >= 0.3 is 0 Å². The van der Waals surface area contributed by atoms with E-state index in [1.54, 1.807) is 6.92 Å². The molecule has 112 valence electrons. The minimum atomic E-state index is -0.399. The standard InChI is InChI=1S/C17H22N2O2/c1-12-17(21)19(11-14-8-5-9-14)15(16(20)18-12)10-13-6-3-2-4-7-13/h2-4,6-7,12,14-15H,5,8-11H2,1H3,(H,18,20). The second-order valence-corrected chi connectivity index (χ2v) is 6.22. The van der Waals surface area contributed by atoms with Crippen LogP contribution in [0.15, 0.2) is 30.3 Å². The van der Waals surface area contributed by atoms with Crippen molar-refractivity contribution >= 4 is 11.8 Å². The maximum atomic E-state index is 12.5. The fourth-order valence-corrected chi connectivity index (χ4v) is 3.13. The van der Waals surface area contributed by atoms with Crippen molar-refractivity contribution in [2.75, 3.05) is 6.54 Å². The van der Waals surface area contributed by atoms with Gasteiger partial charge in [-0.25, -0.2) is 0 Å². The third-order valence-corrected chi connectivity index (χ3v) is 4.64. The summed E-state index contributed by atoms with van der Waals surface area (Å²) < 4.78 is 0. The van der Waals surface area contributed by atoms with Gasteiger partial charge in [0.05, 0.1) is 0 Å². The average Bonchev–Trinajstić information content (AvgIpc) is 2.43. The minimum Gasteiger partial charge on any atom is -0.343 e. The first-order valence-electron chi connectivity index (χ1n) is 7.80. The zero-order valence-electron chi connectivity index (χ0n) is 12.4. The van der Waals surface area contributed by atoms with Crippen LogP contribution in [0, 0.1) is 5.92 Å². The first kappa shape index (κ1) is 14.1. The number of nitrogens with zero attached hydrogens (tertiary/aromatic N) is 1. The van der Waals surface area contributed by atoms with Gasteiger partial charge in [0, 0.05) is 13.0 Å². The van der Waals surface area contributed by atoms with Crippen LogP contribution >= 0.6 is 0 Å². The number of rotatable bonds is 4. The molecule has 1 aromatic carbocycles. The fourth-order valence-electron chi connectivity index (χ4n) is 3.13. The lowest BCUT2D eigenvalue weighted by atomic mass is 9.84. The molecule has 1 aromatic rings. The highest BCUT2D eigenvalue weighted by atomic mass is 16.2. The van der Waals surface area contributed by atoms with E-state index in [9.17, 15) is 9.59 Å². The van der Waals surface area contributed by atoms with Gasteiger partial charge in [-0.05, 0) is 31.2 Å². The van der Waals surface area contributed by atoms with Gasteiger partial charge in [0.1, 0.15) is 12.1 Å².